The number of carboxylic acids is 2. The third kappa shape index (κ3) is 6.20. The largest absolute Gasteiger partial charge is 0.481 e. The normalized spacial score (nSPS) is 12.1. The van der Waals surface area contributed by atoms with Gasteiger partial charge in [0.15, 0.2) is 0 Å². The second kappa shape index (κ2) is 8.31. The lowest BCUT2D eigenvalue weighted by molar-refractivity contribution is -0.136. The van der Waals surface area contributed by atoms with Gasteiger partial charge in [0.05, 0.1) is 11.3 Å². The number of carbonyl (C=O) groups is 2. The summed E-state index contributed by atoms with van der Waals surface area (Å²) in [7, 11) is 0. The summed E-state index contributed by atoms with van der Waals surface area (Å²) in [5.74, 6) is -1.89. The predicted molar refractivity (Wildman–Crippen MR) is 79.8 cm³/mol. The number of allylic oxidation sites excluding steroid dienone is 3. The van der Waals surface area contributed by atoms with Crippen LogP contribution < -0.4 is 5.73 Å². The van der Waals surface area contributed by atoms with E-state index in [1.54, 1.807) is 30.5 Å². The zero-order chi connectivity index (χ0) is 15.7. The van der Waals surface area contributed by atoms with E-state index in [2.05, 4.69) is 4.99 Å². The Labute approximate surface area is 121 Å². The van der Waals surface area contributed by atoms with Gasteiger partial charge in [-0.25, -0.2) is 4.79 Å². The van der Waals surface area contributed by atoms with E-state index in [4.69, 9.17) is 15.9 Å². The van der Waals surface area contributed by atoms with Crippen LogP contribution >= 0.6 is 0 Å². The smallest absolute Gasteiger partial charge is 0.335 e. The van der Waals surface area contributed by atoms with E-state index in [-0.39, 0.29) is 12.0 Å². The van der Waals surface area contributed by atoms with Crippen LogP contribution in [0.4, 0.5) is 5.69 Å². The summed E-state index contributed by atoms with van der Waals surface area (Å²) in [6.07, 6.45) is 6.48. The highest BCUT2D eigenvalue weighted by Gasteiger charge is 2.02. The Balaban J connectivity index is 2.81. The molecule has 0 aliphatic rings. The van der Waals surface area contributed by atoms with Gasteiger partial charge in [-0.3, -0.25) is 9.79 Å². The first kappa shape index (κ1) is 16.2. The zero-order valence-electron chi connectivity index (χ0n) is 11.3. The Morgan fingerprint density at radius 3 is 2.33 bits per heavy atom. The van der Waals surface area contributed by atoms with Crippen molar-refractivity contribution in [2.75, 3.05) is 0 Å². The number of carboxylic acid groups (broad SMARTS) is 2. The van der Waals surface area contributed by atoms with Crippen molar-refractivity contribution in [2.24, 2.45) is 10.7 Å². The summed E-state index contributed by atoms with van der Waals surface area (Å²) in [4.78, 5) is 25.5. The van der Waals surface area contributed by atoms with Gasteiger partial charge in [-0.15, -0.1) is 0 Å². The molecule has 0 heterocycles. The van der Waals surface area contributed by atoms with Crippen LogP contribution in [-0.2, 0) is 4.79 Å². The molecule has 0 spiro atoms. The fourth-order valence-corrected chi connectivity index (χ4v) is 1.47. The molecule has 6 heteroatoms. The lowest BCUT2D eigenvalue weighted by Gasteiger charge is -1.99. The summed E-state index contributed by atoms with van der Waals surface area (Å²) in [6.45, 7) is 0. The minimum absolute atomic E-state index is 0.00574. The summed E-state index contributed by atoms with van der Waals surface area (Å²) in [6, 6.07) is 6.06. The van der Waals surface area contributed by atoms with Crippen molar-refractivity contribution in [1.29, 1.82) is 0 Å². The molecule has 0 aliphatic heterocycles. The van der Waals surface area contributed by atoms with Crippen LogP contribution in [0.3, 0.4) is 0 Å². The molecule has 0 unspecified atom stereocenters. The average molecular weight is 288 g/mol. The second-order valence-corrected chi connectivity index (χ2v) is 4.13. The summed E-state index contributed by atoms with van der Waals surface area (Å²) >= 11 is 0. The molecule has 0 aliphatic carbocycles. The molecular formula is C15H16N2O4. The maximum atomic E-state index is 10.7. The Bertz CT molecular complexity index is 586. The minimum atomic E-state index is -0.999. The molecular weight excluding hydrogens is 272 g/mol. The number of aromatic carboxylic acids is 1. The van der Waals surface area contributed by atoms with Gasteiger partial charge in [0.1, 0.15) is 0 Å². The summed E-state index contributed by atoms with van der Waals surface area (Å²) in [5.41, 5.74) is 6.72. The fraction of sp³-hybridized carbons (Fsp3) is 0.133. The number of benzene rings is 1. The van der Waals surface area contributed by atoms with E-state index >= 15 is 0 Å². The highest BCUT2D eigenvalue weighted by molar-refractivity contribution is 5.88. The van der Waals surface area contributed by atoms with Crippen molar-refractivity contribution < 1.29 is 19.8 Å². The van der Waals surface area contributed by atoms with E-state index in [1.165, 1.54) is 18.3 Å². The molecule has 0 saturated carbocycles. The average Bonchev–Trinajstić information content (AvgIpc) is 2.46. The van der Waals surface area contributed by atoms with Crippen molar-refractivity contribution in [3.8, 4) is 0 Å². The Kier molecular flexibility index (Phi) is 6.40. The van der Waals surface area contributed by atoms with Crippen LogP contribution in [0.2, 0.25) is 0 Å². The van der Waals surface area contributed by atoms with Gasteiger partial charge in [-0.05, 0) is 48.5 Å². The second-order valence-electron chi connectivity index (χ2n) is 4.13. The standard InChI is InChI=1S/C15H16N2O4/c16-9-1-2-11(3-8-14(18)19)10-17-13-6-4-12(5-7-13)15(20)21/h1-2,4-7,9-10H,3,8,16H2,(H,18,19)(H,20,21)/b9-1+,11-2+,17-10?. The Hall–Kier alpha value is -2.89. The first-order valence-electron chi connectivity index (χ1n) is 6.19. The topological polar surface area (TPSA) is 113 Å². The highest BCUT2D eigenvalue weighted by Crippen LogP contribution is 2.14. The first-order valence-corrected chi connectivity index (χ1v) is 6.19. The number of nitrogens with zero attached hydrogens (tertiary/aromatic N) is 1. The van der Waals surface area contributed by atoms with Gasteiger partial charge in [0, 0.05) is 12.6 Å². The van der Waals surface area contributed by atoms with Crippen molar-refractivity contribution in [2.45, 2.75) is 12.8 Å². The quantitative estimate of drug-likeness (QED) is 0.526. The number of rotatable bonds is 7. The summed E-state index contributed by atoms with van der Waals surface area (Å²) in [5, 5.41) is 17.5. The van der Waals surface area contributed by atoms with Crippen molar-refractivity contribution in [3.05, 3.63) is 53.8 Å². The first-order chi connectivity index (χ1) is 10.0. The summed E-state index contributed by atoms with van der Waals surface area (Å²) < 4.78 is 0. The van der Waals surface area contributed by atoms with E-state index in [0.29, 0.717) is 17.7 Å². The van der Waals surface area contributed by atoms with Crippen LogP contribution in [0.5, 0.6) is 0 Å². The van der Waals surface area contributed by atoms with Gasteiger partial charge in [0.2, 0.25) is 0 Å². The van der Waals surface area contributed by atoms with E-state index in [9.17, 15) is 9.59 Å². The van der Waals surface area contributed by atoms with Gasteiger partial charge >= 0.3 is 11.9 Å². The Morgan fingerprint density at radius 2 is 1.81 bits per heavy atom. The molecule has 0 saturated heterocycles. The lowest BCUT2D eigenvalue weighted by Crippen LogP contribution is -1.96. The number of hydrogen-bond donors (Lipinski definition) is 3. The van der Waals surface area contributed by atoms with Crippen LogP contribution in [0.25, 0.3) is 0 Å². The molecule has 0 radical (unpaired) electrons. The van der Waals surface area contributed by atoms with E-state index in [0.717, 1.165) is 0 Å². The molecule has 1 rings (SSSR count). The molecule has 6 nitrogen and oxygen atoms in total. The third-order valence-electron chi connectivity index (χ3n) is 2.54. The number of aliphatic carboxylic acids is 1. The van der Waals surface area contributed by atoms with Gasteiger partial charge in [0.25, 0.3) is 0 Å². The Morgan fingerprint density at radius 1 is 1.14 bits per heavy atom. The molecule has 1 aromatic carbocycles. The van der Waals surface area contributed by atoms with Gasteiger partial charge < -0.3 is 15.9 Å². The molecule has 21 heavy (non-hydrogen) atoms. The van der Waals surface area contributed by atoms with Crippen LogP contribution in [0.15, 0.2) is 53.2 Å². The van der Waals surface area contributed by atoms with E-state index in [1.807, 2.05) is 0 Å². The molecule has 110 valence electrons. The molecule has 0 aromatic heterocycles. The van der Waals surface area contributed by atoms with Crippen molar-refractivity contribution in [3.63, 3.8) is 0 Å². The fourth-order valence-electron chi connectivity index (χ4n) is 1.47. The number of nitrogens with two attached hydrogens (primary N) is 1. The van der Waals surface area contributed by atoms with Gasteiger partial charge in [-0.1, -0.05) is 6.08 Å². The van der Waals surface area contributed by atoms with Crippen LogP contribution in [0, 0.1) is 0 Å². The molecule has 0 atom stereocenters. The third-order valence-corrected chi connectivity index (χ3v) is 2.54. The van der Waals surface area contributed by atoms with E-state index < -0.39 is 11.9 Å². The zero-order valence-corrected chi connectivity index (χ0v) is 11.3. The van der Waals surface area contributed by atoms with Crippen molar-refractivity contribution in [1.82, 2.24) is 0 Å². The predicted octanol–water partition coefficient (Wildman–Crippen LogP) is 2.35. The molecule has 4 N–H and O–H groups in total. The number of hydrogen-bond acceptors (Lipinski definition) is 4. The lowest BCUT2D eigenvalue weighted by atomic mass is 10.1. The van der Waals surface area contributed by atoms with Crippen LogP contribution in [0.1, 0.15) is 23.2 Å². The monoisotopic (exact) mass is 288 g/mol. The van der Waals surface area contributed by atoms with Crippen LogP contribution in [-0.4, -0.2) is 28.4 Å². The molecule has 1 aromatic rings. The van der Waals surface area contributed by atoms with Gasteiger partial charge in [-0.2, -0.15) is 0 Å². The minimum Gasteiger partial charge on any atom is -0.481 e. The number of aliphatic imine (C=N–C) groups is 1. The van der Waals surface area contributed by atoms with Crippen molar-refractivity contribution >= 4 is 23.8 Å². The highest BCUT2D eigenvalue weighted by atomic mass is 16.4. The maximum Gasteiger partial charge on any atom is 0.335 e. The molecule has 0 amide bonds. The molecule has 0 fully saturated rings. The SMILES string of the molecule is N/C=C/C=C(/C=Nc1ccc(C(=O)O)cc1)CCC(=O)O. The molecule has 0 bridgehead atoms. The maximum absolute atomic E-state index is 10.7.